The van der Waals surface area contributed by atoms with Crippen LogP contribution in [0.15, 0.2) is 36.4 Å². The predicted molar refractivity (Wildman–Crippen MR) is 107 cm³/mol. The molecule has 1 aromatic heterocycles. The van der Waals surface area contributed by atoms with E-state index in [0.717, 1.165) is 30.6 Å². The largest absolute Gasteiger partial charge is 0.477 e. The average molecular weight is 393 g/mol. The minimum atomic E-state index is -0.864. The lowest BCUT2D eigenvalue weighted by atomic mass is 9.83. The maximum absolute atomic E-state index is 11.0. The Labute approximate surface area is 163 Å². The van der Waals surface area contributed by atoms with Gasteiger partial charge in [-0.2, -0.15) is 0 Å². The number of thiophene rings is 1. The number of carboxylic acid groups (broad SMARTS) is 1. The Balaban J connectivity index is 1.66. The SMILES string of the molecule is CCc1cccc([C@@H]2[C@@H](CCCc3ccc(C(=O)O)s3)[C@H](Cl)C[C@H]2O)c1. The first-order chi connectivity index (χ1) is 12.5. The fourth-order valence-corrected chi connectivity index (χ4v) is 5.41. The van der Waals surface area contributed by atoms with Crippen LogP contribution in [0.3, 0.4) is 0 Å². The van der Waals surface area contributed by atoms with Gasteiger partial charge in [-0.25, -0.2) is 4.79 Å². The van der Waals surface area contributed by atoms with Crippen LogP contribution in [0.25, 0.3) is 0 Å². The zero-order chi connectivity index (χ0) is 18.7. The Morgan fingerprint density at radius 3 is 2.81 bits per heavy atom. The first-order valence-electron chi connectivity index (χ1n) is 9.22. The van der Waals surface area contributed by atoms with Gasteiger partial charge in [-0.3, -0.25) is 0 Å². The molecule has 1 aliphatic carbocycles. The normalized spacial score (nSPS) is 25.5. The summed E-state index contributed by atoms with van der Waals surface area (Å²) in [5.41, 5.74) is 2.47. The molecular formula is C21H25ClO3S. The zero-order valence-electron chi connectivity index (χ0n) is 14.9. The number of rotatable bonds is 7. The molecule has 1 saturated carbocycles. The molecule has 0 bridgehead atoms. The molecule has 0 saturated heterocycles. The third kappa shape index (κ3) is 4.30. The van der Waals surface area contributed by atoms with Crippen LogP contribution < -0.4 is 0 Å². The molecule has 1 aliphatic rings. The Morgan fingerprint density at radius 2 is 2.12 bits per heavy atom. The zero-order valence-corrected chi connectivity index (χ0v) is 16.5. The molecule has 3 rings (SSSR count). The highest BCUT2D eigenvalue weighted by molar-refractivity contribution is 7.13. The van der Waals surface area contributed by atoms with Crippen molar-refractivity contribution in [3.63, 3.8) is 0 Å². The summed E-state index contributed by atoms with van der Waals surface area (Å²) in [5.74, 6) is -0.531. The van der Waals surface area contributed by atoms with Crippen molar-refractivity contribution < 1.29 is 15.0 Å². The quantitative estimate of drug-likeness (QED) is 0.644. The number of aliphatic hydroxyl groups excluding tert-OH is 1. The van der Waals surface area contributed by atoms with Gasteiger partial charge in [-0.05, 0) is 61.3 Å². The number of hydrogen-bond donors (Lipinski definition) is 2. The van der Waals surface area contributed by atoms with Crippen molar-refractivity contribution >= 4 is 28.9 Å². The highest BCUT2D eigenvalue weighted by Gasteiger charge is 2.41. The molecule has 140 valence electrons. The van der Waals surface area contributed by atoms with E-state index in [1.807, 2.05) is 6.07 Å². The van der Waals surface area contributed by atoms with E-state index in [4.69, 9.17) is 16.7 Å². The molecule has 0 radical (unpaired) electrons. The van der Waals surface area contributed by atoms with Crippen molar-refractivity contribution in [3.8, 4) is 0 Å². The molecule has 2 aromatic rings. The van der Waals surface area contributed by atoms with Crippen LogP contribution in [0, 0.1) is 5.92 Å². The van der Waals surface area contributed by atoms with Gasteiger partial charge >= 0.3 is 5.97 Å². The molecule has 1 heterocycles. The molecule has 0 amide bonds. The summed E-state index contributed by atoms with van der Waals surface area (Å²) in [7, 11) is 0. The molecule has 26 heavy (non-hydrogen) atoms. The van der Waals surface area contributed by atoms with Crippen molar-refractivity contribution in [2.75, 3.05) is 0 Å². The van der Waals surface area contributed by atoms with Gasteiger partial charge in [0, 0.05) is 16.2 Å². The molecule has 4 atom stereocenters. The second-order valence-electron chi connectivity index (χ2n) is 7.07. The van der Waals surface area contributed by atoms with Crippen molar-refractivity contribution in [1.29, 1.82) is 0 Å². The van der Waals surface area contributed by atoms with E-state index in [1.54, 1.807) is 6.07 Å². The molecule has 0 unspecified atom stereocenters. The lowest BCUT2D eigenvalue weighted by Gasteiger charge is -2.24. The third-order valence-corrected chi connectivity index (χ3v) is 7.02. The smallest absolute Gasteiger partial charge is 0.345 e. The number of aryl methyl sites for hydroxylation is 2. The number of carbonyl (C=O) groups is 1. The highest BCUT2D eigenvalue weighted by Crippen LogP contribution is 2.45. The molecule has 1 aromatic carbocycles. The van der Waals surface area contributed by atoms with E-state index in [1.165, 1.54) is 22.5 Å². The van der Waals surface area contributed by atoms with E-state index in [2.05, 4.69) is 31.2 Å². The Hall–Kier alpha value is -1.36. The number of carboxylic acids is 1. The van der Waals surface area contributed by atoms with Crippen molar-refractivity contribution in [2.24, 2.45) is 5.92 Å². The highest BCUT2D eigenvalue weighted by atomic mass is 35.5. The Morgan fingerprint density at radius 1 is 1.31 bits per heavy atom. The minimum absolute atomic E-state index is 0.0156. The van der Waals surface area contributed by atoms with Gasteiger partial charge in [-0.15, -0.1) is 22.9 Å². The van der Waals surface area contributed by atoms with Crippen molar-refractivity contribution in [2.45, 2.75) is 56.4 Å². The lowest BCUT2D eigenvalue weighted by Crippen LogP contribution is -2.19. The van der Waals surface area contributed by atoms with Crippen molar-refractivity contribution in [1.82, 2.24) is 0 Å². The molecule has 3 nitrogen and oxygen atoms in total. The number of aliphatic hydroxyl groups is 1. The van der Waals surface area contributed by atoms with E-state index in [9.17, 15) is 9.90 Å². The van der Waals surface area contributed by atoms with E-state index in [-0.39, 0.29) is 17.2 Å². The van der Waals surface area contributed by atoms with Crippen LogP contribution in [0.1, 0.15) is 57.8 Å². The van der Waals surface area contributed by atoms with Gasteiger partial charge < -0.3 is 10.2 Å². The first-order valence-corrected chi connectivity index (χ1v) is 10.5. The average Bonchev–Trinajstić information content (AvgIpc) is 3.20. The molecule has 5 heteroatoms. The summed E-state index contributed by atoms with van der Waals surface area (Å²) in [4.78, 5) is 12.5. The molecular weight excluding hydrogens is 368 g/mol. The third-order valence-electron chi connectivity index (χ3n) is 5.38. The van der Waals surface area contributed by atoms with E-state index < -0.39 is 12.1 Å². The van der Waals surface area contributed by atoms with Crippen LogP contribution in [-0.4, -0.2) is 27.7 Å². The Bertz CT molecular complexity index is 757. The standard InChI is InChI=1S/C21H25ClO3S/c1-2-13-5-3-6-14(11-13)20-16(17(22)12-18(20)23)8-4-7-15-9-10-19(26-15)21(24)25/h3,5-6,9-11,16-18,20,23H,2,4,7-8,12H2,1H3,(H,24,25)/t16-,17+,18+,20+/m0/s1. The first kappa shape index (κ1) is 19.4. The minimum Gasteiger partial charge on any atom is -0.477 e. The maximum atomic E-state index is 11.0. The van der Waals surface area contributed by atoms with Gasteiger partial charge in [0.25, 0.3) is 0 Å². The summed E-state index contributed by atoms with van der Waals surface area (Å²) >= 11 is 7.93. The van der Waals surface area contributed by atoms with E-state index in [0.29, 0.717) is 11.3 Å². The number of alkyl halides is 1. The molecule has 0 spiro atoms. The fourth-order valence-electron chi connectivity index (χ4n) is 4.05. The van der Waals surface area contributed by atoms with Crippen LogP contribution in [0.4, 0.5) is 0 Å². The maximum Gasteiger partial charge on any atom is 0.345 e. The number of aromatic carboxylic acids is 1. The van der Waals surface area contributed by atoms with Gasteiger partial charge in [0.05, 0.1) is 6.10 Å². The lowest BCUT2D eigenvalue weighted by molar-refractivity contribution is 0.0702. The van der Waals surface area contributed by atoms with Gasteiger partial charge in [0.15, 0.2) is 0 Å². The van der Waals surface area contributed by atoms with Crippen LogP contribution >= 0.6 is 22.9 Å². The fraction of sp³-hybridized carbons (Fsp3) is 0.476. The van der Waals surface area contributed by atoms with Gasteiger partial charge in [0.1, 0.15) is 4.88 Å². The summed E-state index contributed by atoms with van der Waals surface area (Å²) in [5, 5.41) is 19.6. The van der Waals surface area contributed by atoms with E-state index >= 15 is 0 Å². The summed E-state index contributed by atoms with van der Waals surface area (Å²) in [6, 6.07) is 12.1. The van der Waals surface area contributed by atoms with Gasteiger partial charge in [0.2, 0.25) is 0 Å². The summed E-state index contributed by atoms with van der Waals surface area (Å²) in [6.07, 6.45) is 3.97. The summed E-state index contributed by atoms with van der Waals surface area (Å²) < 4.78 is 0. The second-order valence-corrected chi connectivity index (χ2v) is 8.80. The molecule has 1 fully saturated rings. The van der Waals surface area contributed by atoms with Crippen LogP contribution in [-0.2, 0) is 12.8 Å². The second kappa shape index (κ2) is 8.55. The predicted octanol–water partition coefficient (Wildman–Crippen LogP) is 5.10. The number of hydrogen-bond acceptors (Lipinski definition) is 3. The van der Waals surface area contributed by atoms with Gasteiger partial charge in [-0.1, -0.05) is 31.2 Å². The van der Waals surface area contributed by atoms with Crippen LogP contribution in [0.5, 0.6) is 0 Å². The Kier molecular flexibility index (Phi) is 6.38. The number of halogens is 1. The molecule has 2 N–H and O–H groups in total. The van der Waals surface area contributed by atoms with Crippen molar-refractivity contribution in [3.05, 3.63) is 57.3 Å². The number of benzene rings is 1. The molecule has 0 aliphatic heterocycles. The summed E-state index contributed by atoms with van der Waals surface area (Å²) in [6.45, 7) is 2.14. The monoisotopic (exact) mass is 392 g/mol. The van der Waals surface area contributed by atoms with Crippen LogP contribution in [0.2, 0.25) is 0 Å². The topological polar surface area (TPSA) is 57.5 Å².